The van der Waals surface area contributed by atoms with Crippen LogP contribution in [0.4, 0.5) is 0 Å². The number of rotatable bonds is 6. The molecule has 0 bridgehead atoms. The largest absolute Gasteiger partial charge is 0.457 e. The lowest BCUT2D eigenvalue weighted by Gasteiger charge is -2.10. The van der Waals surface area contributed by atoms with Gasteiger partial charge in [0.25, 0.3) is 0 Å². The summed E-state index contributed by atoms with van der Waals surface area (Å²) in [6, 6.07) is 35.0. The number of benzene rings is 4. The Morgan fingerprint density at radius 1 is 0.400 bits per heavy atom. The Bertz CT molecular complexity index is 1030. The van der Waals surface area contributed by atoms with Crippen LogP contribution in [0.15, 0.2) is 109 Å². The summed E-state index contributed by atoms with van der Waals surface area (Å²) in [4.78, 5) is 1.59. The third-order valence-corrected chi connectivity index (χ3v) is 5.58. The van der Waals surface area contributed by atoms with E-state index in [1.165, 1.54) is 0 Å². The quantitative estimate of drug-likeness (QED) is 0.240. The van der Waals surface area contributed by atoms with Gasteiger partial charge in [0, 0.05) is 9.81 Å². The molecule has 0 saturated carbocycles. The van der Waals surface area contributed by atoms with Gasteiger partial charge in [-0.25, -0.2) is 0 Å². The van der Waals surface area contributed by atoms with Gasteiger partial charge in [-0.2, -0.15) is 0 Å². The molecule has 0 radical (unpaired) electrons. The van der Waals surface area contributed by atoms with Crippen molar-refractivity contribution in [1.82, 2.24) is 0 Å². The van der Waals surface area contributed by atoms with Gasteiger partial charge in [0.2, 0.25) is 0 Å². The molecule has 0 aromatic heterocycles. The predicted octanol–water partition coefficient (Wildman–Crippen LogP) is 7.96. The van der Waals surface area contributed by atoms with E-state index in [-0.39, 0.29) is 0 Å². The summed E-state index contributed by atoms with van der Waals surface area (Å²) in [5.41, 5.74) is 1.93. The first-order valence-corrected chi connectivity index (χ1v) is 10.4. The fourth-order valence-corrected chi connectivity index (χ4v) is 3.44. The Labute approximate surface area is 187 Å². The van der Waals surface area contributed by atoms with Crippen LogP contribution in [0.25, 0.3) is 9.81 Å². The molecule has 0 spiro atoms. The number of thiol groups is 2. The van der Waals surface area contributed by atoms with E-state index < -0.39 is 0 Å². The normalized spacial score (nSPS) is 11.5. The highest BCUT2D eigenvalue weighted by Gasteiger charge is 2.07. The molecular weight excluding hydrogens is 408 g/mol. The van der Waals surface area contributed by atoms with E-state index in [2.05, 4.69) is 0 Å². The fourth-order valence-electron chi connectivity index (χ4n) is 2.88. The van der Waals surface area contributed by atoms with Crippen molar-refractivity contribution < 1.29 is 9.47 Å². The maximum absolute atomic E-state index is 5.85. The molecule has 0 aliphatic rings. The van der Waals surface area contributed by atoms with Crippen LogP contribution in [0.1, 0.15) is 11.1 Å². The second-order valence-corrected chi connectivity index (χ2v) is 7.47. The number of hydrogen-bond donors (Lipinski definition) is 2. The van der Waals surface area contributed by atoms with Crippen molar-refractivity contribution >= 4 is 35.1 Å². The zero-order chi connectivity index (χ0) is 20.8. The lowest BCUT2D eigenvalue weighted by Crippen LogP contribution is -1.87. The van der Waals surface area contributed by atoms with Gasteiger partial charge >= 0.3 is 0 Å². The van der Waals surface area contributed by atoms with Crippen molar-refractivity contribution in [2.75, 3.05) is 0 Å². The highest BCUT2D eigenvalue weighted by atomic mass is 32.1. The van der Waals surface area contributed by atoms with Crippen molar-refractivity contribution in [2.24, 2.45) is 0 Å². The second kappa shape index (κ2) is 9.61. The zero-order valence-corrected chi connectivity index (χ0v) is 17.9. The molecule has 2 nitrogen and oxygen atoms in total. The highest BCUT2D eigenvalue weighted by molar-refractivity contribution is 7.96. The smallest absolute Gasteiger partial charge is 0.127 e. The Morgan fingerprint density at radius 2 is 0.700 bits per heavy atom. The van der Waals surface area contributed by atoms with Crippen LogP contribution in [0.5, 0.6) is 23.0 Å². The Morgan fingerprint density at radius 3 is 1.03 bits per heavy atom. The fraction of sp³-hybridized carbons (Fsp3) is 0. The van der Waals surface area contributed by atoms with Gasteiger partial charge < -0.3 is 9.47 Å². The van der Waals surface area contributed by atoms with Gasteiger partial charge in [-0.15, -0.1) is 25.3 Å². The first-order chi connectivity index (χ1) is 14.7. The molecule has 0 fully saturated rings. The summed E-state index contributed by atoms with van der Waals surface area (Å²) < 4.78 is 11.7. The number of ether oxygens (including phenoxy) is 2. The van der Waals surface area contributed by atoms with Crippen molar-refractivity contribution in [3.05, 3.63) is 120 Å². The minimum atomic E-state index is 0.772. The molecule has 0 atom stereocenters. The molecule has 0 unspecified atom stereocenters. The summed E-state index contributed by atoms with van der Waals surface area (Å²) in [5, 5.41) is 0. The molecule has 0 N–H and O–H groups in total. The van der Waals surface area contributed by atoms with E-state index in [4.69, 9.17) is 34.7 Å². The number of hydrogen-bond acceptors (Lipinski definition) is 4. The monoisotopic (exact) mass is 428 g/mol. The average molecular weight is 429 g/mol. The molecule has 4 aromatic carbocycles. The van der Waals surface area contributed by atoms with Crippen LogP contribution < -0.4 is 9.47 Å². The average Bonchev–Trinajstić information content (AvgIpc) is 2.80. The maximum Gasteiger partial charge on any atom is 0.127 e. The zero-order valence-electron chi connectivity index (χ0n) is 16.1. The minimum Gasteiger partial charge on any atom is -0.457 e. The third kappa shape index (κ3) is 5.09. The van der Waals surface area contributed by atoms with E-state index in [9.17, 15) is 0 Å². The molecular formula is C26H20O2S2. The predicted molar refractivity (Wildman–Crippen MR) is 131 cm³/mol. The Balaban J connectivity index is 1.48. The van der Waals surface area contributed by atoms with E-state index in [1.807, 2.05) is 109 Å². The molecule has 148 valence electrons. The number of para-hydroxylation sites is 2. The Hall–Kier alpha value is -3.08. The topological polar surface area (TPSA) is 18.5 Å². The van der Waals surface area contributed by atoms with Crippen LogP contribution in [0, 0.1) is 0 Å². The van der Waals surface area contributed by atoms with E-state index in [0.717, 1.165) is 43.9 Å². The van der Waals surface area contributed by atoms with Gasteiger partial charge in [-0.05, 0) is 59.7 Å². The summed E-state index contributed by atoms with van der Waals surface area (Å²) in [6.45, 7) is 0. The Kier molecular flexibility index (Phi) is 6.47. The first kappa shape index (κ1) is 20.2. The van der Waals surface area contributed by atoms with Crippen LogP contribution in [0.2, 0.25) is 0 Å². The summed E-state index contributed by atoms with van der Waals surface area (Å²) in [5.74, 6) is 3.16. The molecule has 4 aromatic rings. The summed E-state index contributed by atoms with van der Waals surface area (Å²) in [6.07, 6.45) is 0. The van der Waals surface area contributed by atoms with Crippen LogP contribution in [-0.4, -0.2) is 0 Å². The molecule has 0 heterocycles. The van der Waals surface area contributed by atoms with Gasteiger partial charge in [0.1, 0.15) is 23.0 Å². The van der Waals surface area contributed by atoms with Crippen LogP contribution in [-0.2, 0) is 0 Å². The van der Waals surface area contributed by atoms with Crippen molar-refractivity contribution in [3.63, 3.8) is 0 Å². The molecule has 0 aliphatic heterocycles. The van der Waals surface area contributed by atoms with Gasteiger partial charge in [-0.1, -0.05) is 60.7 Å². The molecule has 30 heavy (non-hydrogen) atoms. The molecule has 4 rings (SSSR count). The van der Waals surface area contributed by atoms with Crippen molar-refractivity contribution in [1.29, 1.82) is 0 Å². The van der Waals surface area contributed by atoms with E-state index in [0.29, 0.717) is 0 Å². The van der Waals surface area contributed by atoms with Gasteiger partial charge in [0.15, 0.2) is 0 Å². The second-order valence-electron chi connectivity index (χ2n) is 6.58. The third-order valence-electron chi connectivity index (χ3n) is 4.44. The van der Waals surface area contributed by atoms with E-state index in [1.54, 1.807) is 0 Å². The van der Waals surface area contributed by atoms with Gasteiger partial charge in [-0.3, -0.25) is 0 Å². The minimum absolute atomic E-state index is 0.772. The molecule has 0 amide bonds. The molecule has 0 saturated heterocycles. The first-order valence-electron chi connectivity index (χ1n) is 9.48. The summed E-state index contributed by atoms with van der Waals surface area (Å²) >= 11 is 9.39. The van der Waals surface area contributed by atoms with E-state index >= 15 is 0 Å². The maximum atomic E-state index is 5.85. The van der Waals surface area contributed by atoms with Crippen molar-refractivity contribution in [3.8, 4) is 23.0 Å². The molecule has 0 aliphatic carbocycles. The lowest BCUT2D eigenvalue weighted by atomic mass is 10.1. The molecule has 4 heteroatoms. The standard InChI is InChI=1S/C26H20O2S2/c29-25(19-11-15-23(16-12-19)27-21-7-3-1-4-8-21)26(30)20-13-17-24(18-14-20)28-22-9-5-2-6-10-22/h1-18,29-30H/b26-25-. The van der Waals surface area contributed by atoms with Gasteiger partial charge in [0.05, 0.1) is 0 Å². The lowest BCUT2D eigenvalue weighted by molar-refractivity contribution is 0.482. The SMILES string of the molecule is S/C(=C(\S)c1ccc(Oc2ccccc2)cc1)c1ccc(Oc2ccccc2)cc1. The van der Waals surface area contributed by atoms with Crippen LogP contribution in [0.3, 0.4) is 0 Å². The summed E-state index contributed by atoms with van der Waals surface area (Å²) in [7, 11) is 0. The van der Waals surface area contributed by atoms with Crippen LogP contribution >= 0.6 is 25.3 Å². The van der Waals surface area contributed by atoms with Crippen molar-refractivity contribution in [2.45, 2.75) is 0 Å². The highest BCUT2D eigenvalue weighted by Crippen LogP contribution is 2.34.